The minimum Gasteiger partial charge on any atom is -0.459 e. The lowest BCUT2D eigenvalue weighted by atomic mass is 10.0. The van der Waals surface area contributed by atoms with E-state index in [1.807, 2.05) is 68.4 Å². The van der Waals surface area contributed by atoms with Crippen LogP contribution in [-0.4, -0.2) is 23.8 Å². The smallest absolute Gasteiger partial charge is 0.287 e. The highest BCUT2D eigenvalue weighted by Gasteiger charge is 2.23. The minimum absolute atomic E-state index is 0.0396. The van der Waals surface area contributed by atoms with E-state index in [-0.39, 0.29) is 30.0 Å². The van der Waals surface area contributed by atoms with Gasteiger partial charge < -0.3 is 20.4 Å². The highest BCUT2D eigenvalue weighted by Crippen LogP contribution is 2.13. The Morgan fingerprint density at radius 1 is 0.909 bits per heavy atom. The number of carbonyl (C=O) groups excluding carboxylic acids is 3. The van der Waals surface area contributed by atoms with Gasteiger partial charge in [0.15, 0.2) is 5.76 Å². The summed E-state index contributed by atoms with van der Waals surface area (Å²) in [5, 5.41) is 8.54. The Morgan fingerprint density at radius 2 is 1.67 bits per heavy atom. The molecule has 2 aromatic carbocycles. The van der Waals surface area contributed by atoms with Gasteiger partial charge in [-0.2, -0.15) is 0 Å². The second kappa shape index (κ2) is 11.7. The fourth-order valence-corrected chi connectivity index (χ4v) is 3.22. The summed E-state index contributed by atoms with van der Waals surface area (Å²) < 4.78 is 5.15. The second-order valence-electron chi connectivity index (χ2n) is 7.91. The average Bonchev–Trinajstić information content (AvgIpc) is 3.37. The lowest BCUT2D eigenvalue weighted by Gasteiger charge is -2.18. The van der Waals surface area contributed by atoms with E-state index in [0.29, 0.717) is 12.1 Å². The third-order valence-corrected chi connectivity index (χ3v) is 5.37. The van der Waals surface area contributed by atoms with Crippen LogP contribution in [-0.2, 0) is 22.6 Å². The van der Waals surface area contributed by atoms with E-state index in [1.54, 1.807) is 12.1 Å². The van der Waals surface area contributed by atoms with Gasteiger partial charge in [-0.25, -0.2) is 0 Å². The van der Waals surface area contributed by atoms with Gasteiger partial charge in [0.05, 0.1) is 6.26 Å². The van der Waals surface area contributed by atoms with Crippen LogP contribution in [0.15, 0.2) is 77.4 Å². The maximum atomic E-state index is 13.0. The Morgan fingerprint density at radius 3 is 2.36 bits per heavy atom. The summed E-state index contributed by atoms with van der Waals surface area (Å²) in [5.41, 5.74) is 2.44. The van der Waals surface area contributed by atoms with Crippen molar-refractivity contribution in [2.24, 2.45) is 5.92 Å². The van der Waals surface area contributed by atoms with Crippen LogP contribution in [0.3, 0.4) is 0 Å². The highest BCUT2D eigenvalue weighted by molar-refractivity contribution is 5.95. The minimum atomic E-state index is -0.779. The van der Waals surface area contributed by atoms with Gasteiger partial charge in [0.2, 0.25) is 11.8 Å². The zero-order valence-electron chi connectivity index (χ0n) is 18.8. The predicted molar refractivity (Wildman–Crippen MR) is 126 cm³/mol. The van der Waals surface area contributed by atoms with Crippen LogP contribution >= 0.6 is 0 Å². The summed E-state index contributed by atoms with van der Waals surface area (Å²) in [4.78, 5) is 37.6. The SMILES string of the molecule is CCC(C)C(=O)Nc1cccc(CNC(=O)C(Cc2ccccc2)NC(=O)c2ccco2)c1. The molecule has 3 N–H and O–H groups in total. The molecule has 0 aliphatic carbocycles. The van der Waals surface area contributed by atoms with Crippen molar-refractivity contribution in [1.82, 2.24) is 10.6 Å². The molecular weight excluding hydrogens is 418 g/mol. The molecule has 0 fully saturated rings. The first-order valence-corrected chi connectivity index (χ1v) is 11.0. The maximum absolute atomic E-state index is 13.0. The van der Waals surface area contributed by atoms with Gasteiger partial charge in [-0.3, -0.25) is 14.4 Å². The number of rotatable bonds is 10. The van der Waals surface area contributed by atoms with Crippen molar-refractivity contribution in [1.29, 1.82) is 0 Å². The van der Waals surface area contributed by atoms with Crippen LogP contribution in [0.5, 0.6) is 0 Å². The molecule has 1 heterocycles. The fraction of sp³-hybridized carbons (Fsp3) is 0.269. The van der Waals surface area contributed by atoms with Gasteiger partial charge in [0, 0.05) is 24.6 Å². The van der Waals surface area contributed by atoms with Crippen molar-refractivity contribution in [3.63, 3.8) is 0 Å². The van der Waals surface area contributed by atoms with Gasteiger partial charge in [0.25, 0.3) is 5.91 Å². The molecule has 0 bridgehead atoms. The van der Waals surface area contributed by atoms with E-state index in [1.165, 1.54) is 6.26 Å². The Hall–Kier alpha value is -3.87. The molecule has 7 heteroatoms. The van der Waals surface area contributed by atoms with Crippen LogP contribution in [0, 0.1) is 5.92 Å². The summed E-state index contributed by atoms with van der Waals surface area (Å²) in [6.45, 7) is 4.10. The molecule has 2 unspecified atom stereocenters. The molecule has 0 aliphatic heterocycles. The Labute approximate surface area is 193 Å². The van der Waals surface area contributed by atoms with E-state index in [9.17, 15) is 14.4 Å². The van der Waals surface area contributed by atoms with Gasteiger partial charge in [-0.05, 0) is 41.8 Å². The monoisotopic (exact) mass is 447 g/mol. The molecule has 3 aromatic rings. The van der Waals surface area contributed by atoms with Crippen molar-refractivity contribution < 1.29 is 18.8 Å². The zero-order valence-corrected chi connectivity index (χ0v) is 18.8. The number of carbonyl (C=O) groups is 3. The Balaban J connectivity index is 1.65. The molecule has 33 heavy (non-hydrogen) atoms. The number of nitrogens with one attached hydrogen (secondary N) is 3. The van der Waals surface area contributed by atoms with E-state index in [2.05, 4.69) is 16.0 Å². The quantitative estimate of drug-likeness (QED) is 0.438. The van der Waals surface area contributed by atoms with Crippen molar-refractivity contribution >= 4 is 23.4 Å². The van der Waals surface area contributed by atoms with Crippen molar-refractivity contribution in [3.05, 3.63) is 89.9 Å². The van der Waals surface area contributed by atoms with E-state index >= 15 is 0 Å². The number of amides is 3. The molecule has 0 spiro atoms. The van der Waals surface area contributed by atoms with E-state index in [0.717, 1.165) is 17.5 Å². The summed E-state index contributed by atoms with van der Waals surface area (Å²) in [6.07, 6.45) is 2.51. The largest absolute Gasteiger partial charge is 0.459 e. The first-order chi connectivity index (χ1) is 16.0. The zero-order chi connectivity index (χ0) is 23.6. The summed E-state index contributed by atoms with van der Waals surface area (Å²) in [7, 11) is 0. The van der Waals surface area contributed by atoms with Crippen LogP contribution in [0.4, 0.5) is 5.69 Å². The first-order valence-electron chi connectivity index (χ1n) is 11.0. The molecule has 0 aliphatic rings. The first kappa shape index (κ1) is 23.8. The molecule has 7 nitrogen and oxygen atoms in total. The van der Waals surface area contributed by atoms with Crippen molar-refractivity contribution in [2.45, 2.75) is 39.3 Å². The molecule has 0 saturated carbocycles. The number of furan rings is 1. The number of benzene rings is 2. The van der Waals surface area contributed by atoms with Gasteiger partial charge in [-0.1, -0.05) is 56.3 Å². The summed E-state index contributed by atoms with van der Waals surface area (Å²) in [6, 6.07) is 19.2. The third-order valence-electron chi connectivity index (χ3n) is 5.37. The van der Waals surface area contributed by atoms with Gasteiger partial charge >= 0.3 is 0 Å². The summed E-state index contributed by atoms with van der Waals surface area (Å²) in [5.74, 6) is -0.739. The maximum Gasteiger partial charge on any atom is 0.287 e. The topological polar surface area (TPSA) is 100 Å². The lowest BCUT2D eigenvalue weighted by Crippen LogP contribution is -2.47. The van der Waals surface area contributed by atoms with Crippen molar-refractivity contribution in [2.75, 3.05) is 5.32 Å². The molecule has 0 radical (unpaired) electrons. The fourth-order valence-electron chi connectivity index (χ4n) is 3.22. The molecule has 3 rings (SSSR count). The van der Waals surface area contributed by atoms with Crippen LogP contribution in [0.1, 0.15) is 41.9 Å². The molecule has 172 valence electrons. The lowest BCUT2D eigenvalue weighted by molar-refractivity contribution is -0.123. The standard InChI is InChI=1S/C26H29N3O4/c1-3-18(2)24(30)28-21-12-7-11-20(15-21)17-27-25(31)22(16-19-9-5-4-6-10-19)29-26(32)23-13-8-14-33-23/h4-15,18,22H,3,16-17H2,1-2H3,(H,27,31)(H,28,30)(H,29,32). The normalized spacial score (nSPS) is 12.4. The summed E-state index contributed by atoms with van der Waals surface area (Å²) >= 11 is 0. The van der Waals surface area contributed by atoms with Gasteiger partial charge in [0.1, 0.15) is 6.04 Å². The van der Waals surface area contributed by atoms with E-state index < -0.39 is 11.9 Å². The molecule has 3 amide bonds. The molecular formula is C26H29N3O4. The molecule has 0 saturated heterocycles. The molecule has 2 atom stereocenters. The second-order valence-corrected chi connectivity index (χ2v) is 7.91. The van der Waals surface area contributed by atoms with Crippen LogP contribution in [0.25, 0.3) is 0 Å². The Bertz CT molecular complexity index is 1060. The number of anilines is 1. The van der Waals surface area contributed by atoms with E-state index in [4.69, 9.17) is 4.42 Å². The van der Waals surface area contributed by atoms with Crippen molar-refractivity contribution in [3.8, 4) is 0 Å². The average molecular weight is 448 g/mol. The Kier molecular flexibility index (Phi) is 8.41. The van der Waals surface area contributed by atoms with Crippen LogP contribution < -0.4 is 16.0 Å². The third kappa shape index (κ3) is 7.07. The highest BCUT2D eigenvalue weighted by atomic mass is 16.3. The molecule has 1 aromatic heterocycles. The predicted octanol–water partition coefficient (Wildman–Crippen LogP) is 3.92. The van der Waals surface area contributed by atoms with Gasteiger partial charge in [-0.15, -0.1) is 0 Å². The number of hydrogen-bond acceptors (Lipinski definition) is 4. The van der Waals surface area contributed by atoms with Crippen LogP contribution in [0.2, 0.25) is 0 Å². The number of hydrogen-bond donors (Lipinski definition) is 3.